The highest BCUT2D eigenvalue weighted by Crippen LogP contribution is 2.42. The van der Waals surface area contributed by atoms with Crippen molar-refractivity contribution < 1.29 is 23.8 Å². The highest BCUT2D eigenvalue weighted by Gasteiger charge is 2.40. The molecule has 0 fully saturated rings. The van der Waals surface area contributed by atoms with Crippen LogP contribution >= 0.6 is 0 Å². The van der Waals surface area contributed by atoms with Crippen LogP contribution in [0, 0.1) is 0 Å². The Bertz CT molecular complexity index is 1400. The third kappa shape index (κ3) is 2.90. The molecule has 33 heavy (non-hydrogen) atoms. The van der Waals surface area contributed by atoms with Crippen LogP contribution in [0.1, 0.15) is 58.8 Å². The molecular formula is C25H24N2O6. The van der Waals surface area contributed by atoms with Crippen molar-refractivity contribution in [1.82, 2.24) is 9.55 Å². The van der Waals surface area contributed by atoms with Gasteiger partial charge in [0.25, 0.3) is 5.56 Å². The molecule has 5 rings (SSSR count). The molecule has 0 bridgehead atoms. The maximum Gasteiger partial charge on any atom is 0.340 e. The predicted octanol–water partition coefficient (Wildman–Crippen LogP) is 3.33. The van der Waals surface area contributed by atoms with E-state index in [1.165, 1.54) is 7.11 Å². The number of hydrogen-bond acceptors (Lipinski definition) is 7. The molecule has 0 saturated carbocycles. The molecule has 2 aromatic heterocycles. The molecular weight excluding hydrogens is 424 g/mol. The summed E-state index contributed by atoms with van der Waals surface area (Å²) in [6.07, 6.45) is 1.11. The van der Waals surface area contributed by atoms with Crippen molar-refractivity contribution in [2.75, 3.05) is 14.2 Å². The molecule has 0 N–H and O–H groups in total. The molecule has 1 unspecified atom stereocenters. The SMILES string of the molecule is CCc1c2c(nc3ccc(OC)cc13)-c1c(C(=O)OC)c3c(c(=O)n1C2)COC(=O)C3CC. The van der Waals surface area contributed by atoms with E-state index in [1.807, 2.05) is 32.0 Å². The first-order valence-corrected chi connectivity index (χ1v) is 11.0. The van der Waals surface area contributed by atoms with Crippen LogP contribution in [0.2, 0.25) is 0 Å². The van der Waals surface area contributed by atoms with Gasteiger partial charge in [-0.3, -0.25) is 9.59 Å². The monoisotopic (exact) mass is 448 g/mol. The molecule has 2 aliphatic heterocycles. The van der Waals surface area contributed by atoms with Gasteiger partial charge in [0.1, 0.15) is 12.4 Å². The molecule has 8 heteroatoms. The smallest absolute Gasteiger partial charge is 0.340 e. The second kappa shape index (κ2) is 7.72. The number of carbonyl (C=O) groups is 2. The summed E-state index contributed by atoms with van der Waals surface area (Å²) < 4.78 is 17.4. The van der Waals surface area contributed by atoms with E-state index in [1.54, 1.807) is 11.7 Å². The lowest BCUT2D eigenvalue weighted by Gasteiger charge is -2.27. The summed E-state index contributed by atoms with van der Waals surface area (Å²) in [5.74, 6) is -1.02. The highest BCUT2D eigenvalue weighted by atomic mass is 16.5. The van der Waals surface area contributed by atoms with Crippen molar-refractivity contribution in [2.45, 2.75) is 45.8 Å². The first kappa shape index (κ1) is 21.2. The Labute approximate surface area is 190 Å². The number of methoxy groups -OCH3 is 2. The van der Waals surface area contributed by atoms with Crippen molar-refractivity contribution in [3.8, 4) is 17.1 Å². The molecule has 170 valence electrons. The Morgan fingerprint density at radius 1 is 1.21 bits per heavy atom. The zero-order valence-electron chi connectivity index (χ0n) is 19.0. The molecule has 0 aliphatic carbocycles. The van der Waals surface area contributed by atoms with Crippen molar-refractivity contribution in [1.29, 1.82) is 0 Å². The number of hydrogen-bond donors (Lipinski definition) is 0. The topological polar surface area (TPSA) is 96.7 Å². The fourth-order valence-corrected chi connectivity index (χ4v) is 5.16. The second-order valence-electron chi connectivity index (χ2n) is 8.22. The number of fused-ring (bicyclic) bond motifs is 5. The normalized spacial score (nSPS) is 16.1. The van der Waals surface area contributed by atoms with Gasteiger partial charge in [0.05, 0.1) is 54.7 Å². The lowest BCUT2D eigenvalue weighted by atomic mass is 9.85. The van der Waals surface area contributed by atoms with Gasteiger partial charge in [0.2, 0.25) is 0 Å². The average molecular weight is 448 g/mol. The largest absolute Gasteiger partial charge is 0.497 e. The van der Waals surface area contributed by atoms with Crippen LogP contribution < -0.4 is 10.3 Å². The van der Waals surface area contributed by atoms with Gasteiger partial charge < -0.3 is 18.8 Å². The second-order valence-corrected chi connectivity index (χ2v) is 8.22. The molecule has 3 aromatic rings. The number of pyridine rings is 2. The molecule has 8 nitrogen and oxygen atoms in total. The van der Waals surface area contributed by atoms with E-state index in [4.69, 9.17) is 19.2 Å². The molecule has 0 amide bonds. The van der Waals surface area contributed by atoms with Gasteiger partial charge in [-0.2, -0.15) is 0 Å². The number of ether oxygens (including phenoxy) is 3. The summed E-state index contributed by atoms with van der Waals surface area (Å²) in [4.78, 5) is 44.1. The van der Waals surface area contributed by atoms with Crippen LogP contribution in [0.4, 0.5) is 0 Å². The van der Waals surface area contributed by atoms with E-state index < -0.39 is 17.9 Å². The Hall–Kier alpha value is -3.68. The van der Waals surface area contributed by atoms with Gasteiger partial charge in [-0.25, -0.2) is 9.78 Å². The van der Waals surface area contributed by atoms with Crippen LogP contribution in [0.25, 0.3) is 22.3 Å². The Morgan fingerprint density at radius 3 is 2.67 bits per heavy atom. The molecule has 0 spiro atoms. The van der Waals surface area contributed by atoms with Gasteiger partial charge in [-0.1, -0.05) is 13.8 Å². The minimum atomic E-state index is -0.708. The van der Waals surface area contributed by atoms with E-state index in [0.717, 1.165) is 27.8 Å². The average Bonchev–Trinajstić information content (AvgIpc) is 3.21. The molecule has 2 aliphatic rings. The van der Waals surface area contributed by atoms with Crippen molar-refractivity contribution >= 4 is 22.8 Å². The van der Waals surface area contributed by atoms with Crippen molar-refractivity contribution in [3.63, 3.8) is 0 Å². The number of carbonyl (C=O) groups excluding carboxylic acids is 2. The summed E-state index contributed by atoms with van der Waals surface area (Å²) >= 11 is 0. The highest BCUT2D eigenvalue weighted by molar-refractivity contribution is 6.02. The lowest BCUT2D eigenvalue weighted by molar-refractivity contribution is -0.148. The maximum atomic E-state index is 13.6. The molecule has 1 atom stereocenters. The number of cyclic esters (lactones) is 1. The third-order valence-corrected chi connectivity index (χ3v) is 6.70. The van der Waals surface area contributed by atoms with Gasteiger partial charge in [0.15, 0.2) is 0 Å². The van der Waals surface area contributed by atoms with E-state index in [9.17, 15) is 14.4 Å². The summed E-state index contributed by atoms with van der Waals surface area (Å²) in [5, 5.41) is 0.950. The van der Waals surface area contributed by atoms with Gasteiger partial charge in [0, 0.05) is 10.9 Å². The van der Waals surface area contributed by atoms with Gasteiger partial charge in [-0.15, -0.1) is 0 Å². The van der Waals surface area contributed by atoms with Gasteiger partial charge >= 0.3 is 11.9 Å². The fraction of sp³-hybridized carbons (Fsp3) is 0.360. The Kier molecular flexibility index (Phi) is 4.96. The Morgan fingerprint density at radius 2 is 2.00 bits per heavy atom. The predicted molar refractivity (Wildman–Crippen MR) is 121 cm³/mol. The maximum absolute atomic E-state index is 13.6. The fourth-order valence-electron chi connectivity index (χ4n) is 5.16. The quantitative estimate of drug-likeness (QED) is 0.442. The number of benzene rings is 1. The summed E-state index contributed by atoms with van der Waals surface area (Å²) in [5.41, 5.74) is 4.40. The van der Waals surface area contributed by atoms with Crippen molar-refractivity contribution in [2.24, 2.45) is 0 Å². The summed E-state index contributed by atoms with van der Waals surface area (Å²) in [7, 11) is 2.91. The molecule has 0 saturated heterocycles. The third-order valence-electron chi connectivity index (χ3n) is 6.70. The van der Waals surface area contributed by atoms with Crippen LogP contribution in [0.15, 0.2) is 23.0 Å². The minimum absolute atomic E-state index is 0.155. The number of esters is 2. The van der Waals surface area contributed by atoms with Crippen LogP contribution in [-0.2, 0) is 33.8 Å². The standard InChI is InChI=1S/C25H24N2O6/c1-5-13-15-9-12(31-3)7-8-18(15)26-21-16(13)10-27-22(21)20(25(30)32-4)19-14(6-2)24(29)33-11-17(19)23(27)28/h7-9,14H,5-6,10-11H2,1-4H3. The van der Waals surface area contributed by atoms with Gasteiger partial charge in [-0.05, 0) is 42.2 Å². The zero-order valence-corrected chi connectivity index (χ0v) is 19.0. The molecule has 4 heterocycles. The van der Waals surface area contributed by atoms with E-state index in [0.29, 0.717) is 35.4 Å². The number of aromatic nitrogens is 2. The van der Waals surface area contributed by atoms with E-state index >= 15 is 0 Å². The van der Waals surface area contributed by atoms with Crippen molar-refractivity contribution in [3.05, 3.63) is 56.4 Å². The minimum Gasteiger partial charge on any atom is -0.497 e. The first-order valence-electron chi connectivity index (χ1n) is 11.0. The summed E-state index contributed by atoms with van der Waals surface area (Å²) in [6.45, 7) is 4.01. The number of nitrogens with zero attached hydrogens (tertiary/aromatic N) is 2. The first-order chi connectivity index (χ1) is 15.9. The van der Waals surface area contributed by atoms with E-state index in [-0.39, 0.29) is 24.3 Å². The number of aryl methyl sites for hydroxylation is 1. The van der Waals surface area contributed by atoms with Crippen LogP contribution in [-0.4, -0.2) is 35.7 Å². The van der Waals surface area contributed by atoms with E-state index in [2.05, 4.69) is 0 Å². The molecule has 1 aromatic carbocycles. The van der Waals surface area contributed by atoms with Crippen LogP contribution in [0.3, 0.4) is 0 Å². The Balaban J connectivity index is 1.91. The zero-order chi connectivity index (χ0) is 23.4. The molecule has 0 radical (unpaired) electrons. The lowest BCUT2D eigenvalue weighted by Crippen LogP contribution is -2.35. The summed E-state index contributed by atoms with van der Waals surface area (Å²) in [6, 6.07) is 5.65. The van der Waals surface area contributed by atoms with Crippen LogP contribution in [0.5, 0.6) is 5.75 Å². The number of rotatable bonds is 4.